The van der Waals surface area contributed by atoms with Crippen molar-refractivity contribution in [3.8, 4) is 5.75 Å². The zero-order valence-electron chi connectivity index (χ0n) is 11.0. The van der Waals surface area contributed by atoms with Gasteiger partial charge < -0.3 is 10.4 Å². The second-order valence-electron chi connectivity index (χ2n) is 4.40. The molecule has 0 atom stereocenters. The molecule has 0 fully saturated rings. The van der Waals surface area contributed by atoms with E-state index in [0.29, 0.717) is 10.7 Å². The molecular weight excluding hydrogens is 296 g/mol. The Bertz CT molecular complexity index is 731. The Hall–Kier alpha value is -2.60. The summed E-state index contributed by atoms with van der Waals surface area (Å²) in [6.45, 7) is 1.82. The second-order valence-corrected chi connectivity index (χ2v) is 4.80. The summed E-state index contributed by atoms with van der Waals surface area (Å²) < 4.78 is 0. The number of hydrogen-bond donors (Lipinski definition) is 2. The Kier molecular flexibility index (Phi) is 4.09. The number of nitro benzene ring substituents is 1. The van der Waals surface area contributed by atoms with Crippen LogP contribution in [0.2, 0.25) is 5.02 Å². The number of nitrogens with zero attached hydrogens (tertiary/aromatic N) is 1. The highest BCUT2D eigenvalue weighted by Gasteiger charge is 2.21. The standard InChI is InChI=1S/C14H11ClN2O4/c1-8-2-4-11(15)12(6-8)16-14(19)10-7-9(18)3-5-13(10)17(20)21/h2-7,18H,1H3,(H,16,19). The molecule has 0 aliphatic carbocycles. The average molecular weight is 307 g/mol. The summed E-state index contributed by atoms with van der Waals surface area (Å²) in [5.74, 6) is -0.953. The molecule has 0 radical (unpaired) electrons. The van der Waals surface area contributed by atoms with E-state index in [2.05, 4.69) is 5.32 Å². The number of aryl methyl sites for hydroxylation is 1. The van der Waals surface area contributed by atoms with Crippen LogP contribution in [0.1, 0.15) is 15.9 Å². The molecule has 108 valence electrons. The van der Waals surface area contributed by atoms with Crippen molar-refractivity contribution >= 4 is 28.9 Å². The number of anilines is 1. The first kappa shape index (κ1) is 14.8. The molecule has 0 aliphatic rings. The molecule has 2 rings (SSSR count). The fourth-order valence-electron chi connectivity index (χ4n) is 1.79. The summed E-state index contributed by atoms with van der Waals surface area (Å²) >= 11 is 5.96. The fraction of sp³-hybridized carbons (Fsp3) is 0.0714. The van der Waals surface area contributed by atoms with Crippen molar-refractivity contribution in [1.29, 1.82) is 0 Å². The van der Waals surface area contributed by atoms with E-state index in [1.54, 1.807) is 18.2 Å². The van der Waals surface area contributed by atoms with Crippen LogP contribution in [0.3, 0.4) is 0 Å². The third kappa shape index (κ3) is 3.29. The average Bonchev–Trinajstić information content (AvgIpc) is 2.42. The Morgan fingerprint density at radius 2 is 2.00 bits per heavy atom. The molecule has 6 nitrogen and oxygen atoms in total. The van der Waals surface area contributed by atoms with Gasteiger partial charge in [0.15, 0.2) is 0 Å². The molecule has 21 heavy (non-hydrogen) atoms. The zero-order valence-corrected chi connectivity index (χ0v) is 11.7. The number of nitro groups is 1. The predicted octanol–water partition coefficient (Wildman–Crippen LogP) is 3.51. The molecule has 2 aromatic carbocycles. The molecular formula is C14H11ClN2O4. The number of carbonyl (C=O) groups excluding carboxylic acids is 1. The van der Waals surface area contributed by atoms with Gasteiger partial charge in [0.1, 0.15) is 11.3 Å². The van der Waals surface area contributed by atoms with Gasteiger partial charge in [-0.05, 0) is 36.8 Å². The van der Waals surface area contributed by atoms with Gasteiger partial charge in [-0.3, -0.25) is 14.9 Å². The summed E-state index contributed by atoms with van der Waals surface area (Å²) in [5, 5.41) is 23.2. The number of hydrogen-bond acceptors (Lipinski definition) is 4. The van der Waals surface area contributed by atoms with Crippen LogP contribution in [-0.2, 0) is 0 Å². The highest BCUT2D eigenvalue weighted by molar-refractivity contribution is 6.34. The minimum absolute atomic E-state index is 0.235. The van der Waals surface area contributed by atoms with Crippen molar-refractivity contribution in [3.05, 3.63) is 62.7 Å². The van der Waals surface area contributed by atoms with Crippen molar-refractivity contribution in [2.75, 3.05) is 5.32 Å². The summed E-state index contributed by atoms with van der Waals surface area (Å²) in [5.41, 5.74) is 0.589. The van der Waals surface area contributed by atoms with E-state index in [-0.39, 0.29) is 11.3 Å². The van der Waals surface area contributed by atoms with Crippen LogP contribution in [0.25, 0.3) is 0 Å². The summed E-state index contributed by atoms with van der Waals surface area (Å²) in [7, 11) is 0. The number of benzene rings is 2. The predicted molar refractivity (Wildman–Crippen MR) is 78.9 cm³/mol. The summed E-state index contributed by atoms with van der Waals surface area (Å²) in [4.78, 5) is 22.4. The lowest BCUT2D eigenvalue weighted by Gasteiger charge is -2.08. The van der Waals surface area contributed by atoms with E-state index in [1.165, 1.54) is 0 Å². The highest BCUT2D eigenvalue weighted by Crippen LogP contribution is 2.27. The maximum Gasteiger partial charge on any atom is 0.282 e. The third-order valence-electron chi connectivity index (χ3n) is 2.79. The molecule has 7 heteroatoms. The van der Waals surface area contributed by atoms with Crippen LogP contribution in [0.5, 0.6) is 5.75 Å². The second kappa shape index (κ2) is 5.80. The largest absolute Gasteiger partial charge is 0.508 e. The number of nitrogens with one attached hydrogen (secondary N) is 1. The number of phenols is 1. The van der Waals surface area contributed by atoms with Gasteiger partial charge >= 0.3 is 0 Å². The van der Waals surface area contributed by atoms with Gasteiger partial charge in [0.2, 0.25) is 0 Å². The molecule has 1 amide bonds. The van der Waals surface area contributed by atoms with Crippen molar-refractivity contribution < 1.29 is 14.8 Å². The molecule has 0 saturated carbocycles. The first-order valence-corrected chi connectivity index (χ1v) is 6.31. The Morgan fingerprint density at radius 1 is 1.29 bits per heavy atom. The number of phenolic OH excluding ortho intramolecular Hbond substituents is 1. The fourth-order valence-corrected chi connectivity index (χ4v) is 1.95. The van der Waals surface area contributed by atoms with Crippen molar-refractivity contribution in [3.63, 3.8) is 0 Å². The molecule has 0 aromatic heterocycles. The summed E-state index contributed by atoms with van der Waals surface area (Å²) in [6.07, 6.45) is 0. The van der Waals surface area contributed by atoms with E-state index < -0.39 is 16.5 Å². The molecule has 0 heterocycles. The van der Waals surface area contributed by atoms with Crippen molar-refractivity contribution in [2.24, 2.45) is 0 Å². The van der Waals surface area contributed by atoms with E-state index >= 15 is 0 Å². The smallest absolute Gasteiger partial charge is 0.282 e. The van der Waals surface area contributed by atoms with Crippen LogP contribution in [0.4, 0.5) is 11.4 Å². The molecule has 0 spiro atoms. The molecule has 0 saturated heterocycles. The van der Waals surface area contributed by atoms with E-state index in [1.807, 2.05) is 6.92 Å². The molecule has 0 bridgehead atoms. The molecule has 2 N–H and O–H groups in total. The van der Waals surface area contributed by atoms with Crippen LogP contribution < -0.4 is 5.32 Å². The maximum atomic E-state index is 12.2. The normalized spacial score (nSPS) is 10.2. The van der Waals surface area contributed by atoms with Crippen LogP contribution in [0.15, 0.2) is 36.4 Å². The number of halogens is 1. The lowest BCUT2D eigenvalue weighted by molar-refractivity contribution is -0.385. The molecule has 0 unspecified atom stereocenters. The molecule has 0 aliphatic heterocycles. The number of aromatic hydroxyl groups is 1. The van der Waals surface area contributed by atoms with Gasteiger partial charge in [-0.1, -0.05) is 17.7 Å². The topological polar surface area (TPSA) is 92.5 Å². The van der Waals surface area contributed by atoms with Gasteiger partial charge in [0, 0.05) is 6.07 Å². The van der Waals surface area contributed by atoms with Crippen molar-refractivity contribution in [1.82, 2.24) is 0 Å². The van der Waals surface area contributed by atoms with Crippen LogP contribution >= 0.6 is 11.6 Å². The maximum absolute atomic E-state index is 12.2. The van der Waals surface area contributed by atoms with E-state index in [0.717, 1.165) is 23.8 Å². The van der Waals surface area contributed by atoms with Gasteiger partial charge in [-0.2, -0.15) is 0 Å². The van der Waals surface area contributed by atoms with Gasteiger partial charge in [-0.15, -0.1) is 0 Å². The Labute approximate surface area is 125 Å². The minimum atomic E-state index is -0.718. The highest BCUT2D eigenvalue weighted by atomic mass is 35.5. The summed E-state index contributed by atoms with van der Waals surface area (Å²) in [6, 6.07) is 8.29. The molecule has 2 aromatic rings. The lowest BCUT2D eigenvalue weighted by Crippen LogP contribution is -2.14. The van der Waals surface area contributed by atoms with E-state index in [4.69, 9.17) is 11.6 Å². The first-order chi connectivity index (χ1) is 9.88. The van der Waals surface area contributed by atoms with Gasteiger partial charge in [0.25, 0.3) is 11.6 Å². The van der Waals surface area contributed by atoms with Gasteiger partial charge in [0.05, 0.1) is 15.6 Å². The Balaban J connectivity index is 2.39. The van der Waals surface area contributed by atoms with Crippen LogP contribution in [0, 0.1) is 17.0 Å². The zero-order chi connectivity index (χ0) is 15.6. The number of rotatable bonds is 3. The number of amides is 1. The van der Waals surface area contributed by atoms with Crippen molar-refractivity contribution in [2.45, 2.75) is 6.92 Å². The quantitative estimate of drug-likeness (QED) is 0.670. The minimum Gasteiger partial charge on any atom is -0.508 e. The van der Waals surface area contributed by atoms with Crippen LogP contribution in [-0.4, -0.2) is 15.9 Å². The SMILES string of the molecule is Cc1ccc(Cl)c(NC(=O)c2cc(O)ccc2[N+](=O)[O-])c1. The lowest BCUT2D eigenvalue weighted by atomic mass is 10.1. The van der Waals surface area contributed by atoms with E-state index in [9.17, 15) is 20.0 Å². The van der Waals surface area contributed by atoms with Gasteiger partial charge in [-0.25, -0.2) is 0 Å². The monoisotopic (exact) mass is 306 g/mol. The third-order valence-corrected chi connectivity index (χ3v) is 3.12. The first-order valence-electron chi connectivity index (χ1n) is 5.93. The number of carbonyl (C=O) groups is 1. The Morgan fingerprint density at radius 3 is 2.67 bits per heavy atom.